The lowest BCUT2D eigenvalue weighted by molar-refractivity contribution is -0.143. The standard InChI is InChI=1S/C39H52O4Si/c1-12-20-30(5)42-35-26-31(25-28(3)36(35)43-37(40)38(6,7)8)34(13-2)29(4)27-41-44(39(9,10)11,32-21-16-14-17-22-32)33-23-18-15-19-24-33/h12-26,29-30,34H,2,27H2,1,3-11H3/b20-12+/t29-,30+,34+/m0/s1. The number of carbonyl (C=O) groups excluding carboxylic acids is 1. The van der Waals surface area contributed by atoms with E-state index in [0.717, 1.165) is 11.1 Å². The van der Waals surface area contributed by atoms with Crippen LogP contribution in [-0.4, -0.2) is 27.0 Å². The number of esters is 1. The quantitative estimate of drug-likeness (QED) is 0.0888. The van der Waals surface area contributed by atoms with Gasteiger partial charge in [0, 0.05) is 12.5 Å². The van der Waals surface area contributed by atoms with Crippen molar-refractivity contribution < 1.29 is 18.7 Å². The summed E-state index contributed by atoms with van der Waals surface area (Å²) in [4.78, 5) is 12.9. The molecule has 0 unspecified atom stereocenters. The number of carbonyl (C=O) groups is 1. The van der Waals surface area contributed by atoms with Crippen molar-refractivity contribution in [3.05, 3.63) is 109 Å². The van der Waals surface area contributed by atoms with Crippen molar-refractivity contribution in [2.24, 2.45) is 11.3 Å². The molecule has 0 spiro atoms. The minimum atomic E-state index is -2.69. The summed E-state index contributed by atoms with van der Waals surface area (Å²) < 4.78 is 19.6. The minimum absolute atomic E-state index is 0.0151. The highest BCUT2D eigenvalue weighted by Gasteiger charge is 2.50. The van der Waals surface area contributed by atoms with E-state index < -0.39 is 13.7 Å². The third-order valence-corrected chi connectivity index (χ3v) is 13.1. The summed E-state index contributed by atoms with van der Waals surface area (Å²) in [6.07, 6.45) is 5.73. The number of ether oxygens (including phenoxy) is 2. The van der Waals surface area contributed by atoms with E-state index in [1.54, 1.807) is 0 Å². The van der Waals surface area contributed by atoms with Gasteiger partial charge in [0.15, 0.2) is 11.5 Å². The first-order valence-electron chi connectivity index (χ1n) is 15.7. The molecule has 0 amide bonds. The van der Waals surface area contributed by atoms with Gasteiger partial charge in [-0.05, 0) is 86.1 Å². The molecule has 0 heterocycles. The Morgan fingerprint density at radius 3 is 1.91 bits per heavy atom. The molecule has 0 fully saturated rings. The lowest BCUT2D eigenvalue weighted by atomic mass is 9.86. The Labute approximate surface area is 267 Å². The van der Waals surface area contributed by atoms with E-state index in [4.69, 9.17) is 13.9 Å². The summed E-state index contributed by atoms with van der Waals surface area (Å²) in [5.41, 5.74) is 1.25. The Balaban J connectivity index is 2.04. The Bertz CT molecular complexity index is 1370. The second-order valence-electron chi connectivity index (χ2n) is 13.9. The molecule has 0 aliphatic rings. The van der Waals surface area contributed by atoms with E-state index in [1.807, 2.05) is 65.8 Å². The van der Waals surface area contributed by atoms with Crippen LogP contribution in [0.3, 0.4) is 0 Å². The maximum atomic E-state index is 12.9. The van der Waals surface area contributed by atoms with Gasteiger partial charge in [-0.2, -0.15) is 0 Å². The van der Waals surface area contributed by atoms with E-state index in [2.05, 4.69) is 101 Å². The highest BCUT2D eigenvalue weighted by Crippen LogP contribution is 2.41. The highest BCUT2D eigenvalue weighted by molar-refractivity contribution is 6.99. The van der Waals surface area contributed by atoms with Crippen LogP contribution in [0.15, 0.2) is 97.6 Å². The summed E-state index contributed by atoms with van der Waals surface area (Å²) in [5, 5.41) is 2.41. The van der Waals surface area contributed by atoms with E-state index in [0.29, 0.717) is 18.1 Å². The van der Waals surface area contributed by atoms with Gasteiger partial charge in [0.25, 0.3) is 8.32 Å². The zero-order chi connectivity index (χ0) is 32.7. The maximum absolute atomic E-state index is 12.9. The molecule has 4 nitrogen and oxygen atoms in total. The summed E-state index contributed by atoms with van der Waals surface area (Å²) in [7, 11) is -2.69. The number of rotatable bonds is 12. The summed E-state index contributed by atoms with van der Waals surface area (Å²) in [6, 6.07) is 25.5. The Hall–Kier alpha value is -3.41. The molecular weight excluding hydrogens is 561 g/mol. The fourth-order valence-corrected chi connectivity index (χ4v) is 10.4. The van der Waals surface area contributed by atoms with E-state index >= 15 is 0 Å². The Morgan fingerprint density at radius 2 is 1.45 bits per heavy atom. The summed E-state index contributed by atoms with van der Waals surface area (Å²) in [5.74, 6) is 0.805. The first kappa shape index (κ1) is 35.1. The second-order valence-corrected chi connectivity index (χ2v) is 18.2. The number of allylic oxidation sites excluding steroid dienone is 2. The molecule has 236 valence electrons. The highest BCUT2D eigenvalue weighted by atomic mass is 28.4. The van der Waals surface area contributed by atoms with Gasteiger partial charge < -0.3 is 13.9 Å². The molecule has 3 rings (SSSR count). The van der Waals surface area contributed by atoms with Crippen LogP contribution in [0.4, 0.5) is 0 Å². The molecule has 0 aliphatic carbocycles. The minimum Gasteiger partial charge on any atom is -0.483 e. The monoisotopic (exact) mass is 612 g/mol. The lowest BCUT2D eigenvalue weighted by Crippen LogP contribution is -2.66. The normalized spacial score (nSPS) is 14.6. The van der Waals surface area contributed by atoms with Gasteiger partial charge in [0.05, 0.1) is 5.41 Å². The average molecular weight is 613 g/mol. The number of hydrogen-bond acceptors (Lipinski definition) is 4. The average Bonchev–Trinajstić information content (AvgIpc) is 2.95. The molecule has 5 heteroatoms. The second kappa shape index (κ2) is 14.6. The van der Waals surface area contributed by atoms with Gasteiger partial charge in [0.2, 0.25) is 0 Å². The summed E-state index contributed by atoms with van der Waals surface area (Å²) >= 11 is 0. The Kier molecular flexibility index (Phi) is 11.6. The first-order valence-corrected chi connectivity index (χ1v) is 17.6. The van der Waals surface area contributed by atoms with Crippen LogP contribution < -0.4 is 19.8 Å². The molecule has 0 radical (unpaired) electrons. The molecular formula is C39H52O4Si. The van der Waals surface area contributed by atoms with Crippen molar-refractivity contribution in [2.45, 2.75) is 86.3 Å². The zero-order valence-corrected chi connectivity index (χ0v) is 29.4. The van der Waals surface area contributed by atoms with Crippen LogP contribution in [0.25, 0.3) is 0 Å². The number of benzene rings is 3. The molecule has 0 bridgehead atoms. The van der Waals surface area contributed by atoms with Crippen molar-refractivity contribution in [1.29, 1.82) is 0 Å². The molecule has 3 aromatic rings. The van der Waals surface area contributed by atoms with Crippen LogP contribution in [0.5, 0.6) is 11.5 Å². The van der Waals surface area contributed by atoms with Crippen LogP contribution in [0, 0.1) is 18.3 Å². The SMILES string of the molecule is C=C[C@@H](c1cc(C)c(OC(=O)C(C)(C)C)c(O[C@H](C)/C=C/C)c1)[C@@H](C)CO[Si](c1ccccc1)(c1ccccc1)C(C)(C)C. The van der Waals surface area contributed by atoms with Crippen LogP contribution >= 0.6 is 0 Å². The van der Waals surface area contributed by atoms with Gasteiger partial charge in [-0.15, -0.1) is 6.58 Å². The fraction of sp³-hybridized carbons (Fsp3) is 0.410. The van der Waals surface area contributed by atoms with Crippen molar-refractivity contribution in [3.8, 4) is 11.5 Å². The van der Waals surface area contributed by atoms with Gasteiger partial charge in [-0.3, -0.25) is 4.79 Å². The summed E-state index contributed by atoms with van der Waals surface area (Å²) in [6.45, 7) is 25.4. The van der Waals surface area contributed by atoms with Crippen molar-refractivity contribution >= 4 is 24.7 Å². The molecule has 0 N–H and O–H groups in total. The predicted molar refractivity (Wildman–Crippen MR) is 187 cm³/mol. The predicted octanol–water partition coefficient (Wildman–Crippen LogP) is 8.77. The van der Waals surface area contributed by atoms with Crippen molar-refractivity contribution in [3.63, 3.8) is 0 Å². The molecule has 0 aliphatic heterocycles. The topological polar surface area (TPSA) is 44.8 Å². The fourth-order valence-electron chi connectivity index (χ4n) is 5.75. The molecule has 44 heavy (non-hydrogen) atoms. The first-order chi connectivity index (χ1) is 20.7. The van der Waals surface area contributed by atoms with E-state index in [9.17, 15) is 4.79 Å². The molecule has 0 saturated heterocycles. The smallest absolute Gasteiger partial charge is 0.316 e. The van der Waals surface area contributed by atoms with E-state index in [1.165, 1.54) is 10.4 Å². The van der Waals surface area contributed by atoms with Gasteiger partial charge in [-0.25, -0.2) is 0 Å². The molecule has 0 saturated carbocycles. The third kappa shape index (κ3) is 7.99. The van der Waals surface area contributed by atoms with Crippen LogP contribution in [0.2, 0.25) is 5.04 Å². The molecule has 3 aromatic carbocycles. The third-order valence-electron chi connectivity index (χ3n) is 8.08. The number of hydrogen-bond donors (Lipinski definition) is 0. The Morgan fingerprint density at radius 1 is 0.909 bits per heavy atom. The van der Waals surface area contributed by atoms with Gasteiger partial charge >= 0.3 is 5.97 Å². The zero-order valence-electron chi connectivity index (χ0n) is 28.4. The van der Waals surface area contributed by atoms with Crippen molar-refractivity contribution in [1.82, 2.24) is 0 Å². The van der Waals surface area contributed by atoms with Gasteiger partial charge in [-0.1, -0.05) is 107 Å². The van der Waals surface area contributed by atoms with Gasteiger partial charge in [0.1, 0.15) is 6.10 Å². The van der Waals surface area contributed by atoms with Crippen molar-refractivity contribution in [2.75, 3.05) is 6.61 Å². The molecule has 0 aromatic heterocycles. The maximum Gasteiger partial charge on any atom is 0.316 e. The van der Waals surface area contributed by atoms with E-state index in [-0.39, 0.29) is 28.9 Å². The van der Waals surface area contributed by atoms with Crippen LogP contribution in [0.1, 0.15) is 79.4 Å². The number of aryl methyl sites for hydroxylation is 1. The van der Waals surface area contributed by atoms with Crippen LogP contribution in [-0.2, 0) is 9.22 Å². The largest absolute Gasteiger partial charge is 0.483 e. The lowest BCUT2D eigenvalue weighted by Gasteiger charge is -2.44. The molecule has 3 atom stereocenters.